The van der Waals surface area contributed by atoms with Gasteiger partial charge in [-0.1, -0.05) is 54.1 Å². The van der Waals surface area contributed by atoms with E-state index in [0.717, 1.165) is 10.9 Å². The van der Waals surface area contributed by atoms with Crippen LogP contribution in [0.2, 0.25) is 5.02 Å². The van der Waals surface area contributed by atoms with E-state index in [1.54, 1.807) is 32.4 Å². The van der Waals surface area contributed by atoms with Gasteiger partial charge < -0.3 is 9.47 Å². The Labute approximate surface area is 190 Å². The lowest BCUT2D eigenvalue weighted by molar-refractivity contribution is 0.0956. The van der Waals surface area contributed by atoms with E-state index in [9.17, 15) is 4.79 Å². The van der Waals surface area contributed by atoms with Crippen LogP contribution in [-0.4, -0.2) is 31.3 Å². The predicted octanol–water partition coefficient (Wildman–Crippen LogP) is 5.34. The van der Waals surface area contributed by atoms with Crippen LogP contribution in [0.1, 0.15) is 15.9 Å². The highest BCUT2D eigenvalue weighted by Crippen LogP contribution is 2.30. The minimum atomic E-state index is -0.366. The summed E-state index contributed by atoms with van der Waals surface area (Å²) < 4.78 is 10.7. The van der Waals surface area contributed by atoms with Crippen molar-refractivity contribution in [3.63, 3.8) is 0 Å². The number of rotatable bonds is 6. The van der Waals surface area contributed by atoms with Gasteiger partial charge in [-0.2, -0.15) is 5.10 Å². The number of pyridine rings is 1. The van der Waals surface area contributed by atoms with E-state index in [1.807, 2.05) is 54.6 Å². The number of para-hydroxylation sites is 2. The van der Waals surface area contributed by atoms with Gasteiger partial charge in [-0.25, -0.2) is 10.4 Å². The highest BCUT2D eigenvalue weighted by atomic mass is 35.5. The van der Waals surface area contributed by atoms with E-state index in [0.29, 0.717) is 38.9 Å². The van der Waals surface area contributed by atoms with Crippen molar-refractivity contribution in [2.75, 3.05) is 14.2 Å². The number of hydrazone groups is 1. The maximum atomic E-state index is 13.1. The second kappa shape index (κ2) is 9.49. The van der Waals surface area contributed by atoms with E-state index < -0.39 is 0 Å². The van der Waals surface area contributed by atoms with Gasteiger partial charge >= 0.3 is 0 Å². The molecule has 1 heterocycles. The van der Waals surface area contributed by atoms with E-state index in [4.69, 9.17) is 21.1 Å². The van der Waals surface area contributed by atoms with Crippen LogP contribution in [0.3, 0.4) is 0 Å². The predicted molar refractivity (Wildman–Crippen MR) is 127 cm³/mol. The Balaban J connectivity index is 1.68. The molecule has 0 fully saturated rings. The Kier molecular flexibility index (Phi) is 6.33. The minimum Gasteiger partial charge on any atom is -0.493 e. The molecule has 7 heteroatoms. The summed E-state index contributed by atoms with van der Waals surface area (Å²) in [4.78, 5) is 17.7. The number of aromatic nitrogens is 1. The average Bonchev–Trinajstić information content (AvgIpc) is 2.83. The normalized spacial score (nSPS) is 11.0. The first kappa shape index (κ1) is 21.3. The Morgan fingerprint density at radius 3 is 2.56 bits per heavy atom. The number of fused-ring (bicyclic) bond motifs is 1. The first-order valence-corrected chi connectivity index (χ1v) is 10.2. The molecule has 160 valence electrons. The Hall–Kier alpha value is -3.90. The van der Waals surface area contributed by atoms with E-state index >= 15 is 0 Å². The topological polar surface area (TPSA) is 72.8 Å². The molecule has 0 aliphatic rings. The molecular weight excluding hydrogens is 426 g/mol. The van der Waals surface area contributed by atoms with Crippen LogP contribution in [0.5, 0.6) is 11.5 Å². The molecule has 6 nitrogen and oxygen atoms in total. The lowest BCUT2D eigenvalue weighted by Gasteiger charge is -2.10. The van der Waals surface area contributed by atoms with Gasteiger partial charge in [0.2, 0.25) is 0 Å². The van der Waals surface area contributed by atoms with Crippen LogP contribution in [-0.2, 0) is 0 Å². The fourth-order valence-electron chi connectivity index (χ4n) is 3.40. The molecule has 3 aromatic carbocycles. The Morgan fingerprint density at radius 2 is 1.78 bits per heavy atom. The van der Waals surface area contributed by atoms with Gasteiger partial charge in [-0.05, 0) is 30.3 Å². The van der Waals surface area contributed by atoms with Gasteiger partial charge in [0.15, 0.2) is 11.5 Å². The number of ether oxygens (including phenoxy) is 2. The summed E-state index contributed by atoms with van der Waals surface area (Å²) in [5, 5.41) is 5.40. The third kappa shape index (κ3) is 4.26. The second-order valence-electron chi connectivity index (χ2n) is 6.83. The van der Waals surface area contributed by atoms with Crippen LogP contribution in [0.25, 0.3) is 22.2 Å². The summed E-state index contributed by atoms with van der Waals surface area (Å²) in [7, 11) is 3.11. The number of hydrogen-bond donors (Lipinski definition) is 1. The van der Waals surface area contributed by atoms with Crippen LogP contribution in [0.15, 0.2) is 77.9 Å². The first-order valence-electron chi connectivity index (χ1n) is 9.81. The fourth-order valence-corrected chi connectivity index (χ4v) is 3.64. The number of halogens is 1. The maximum absolute atomic E-state index is 13.1. The molecule has 0 unspecified atom stereocenters. The van der Waals surface area contributed by atoms with Crippen LogP contribution < -0.4 is 14.9 Å². The van der Waals surface area contributed by atoms with Crippen molar-refractivity contribution in [3.8, 4) is 22.8 Å². The largest absolute Gasteiger partial charge is 0.493 e. The number of methoxy groups -OCH3 is 2. The van der Waals surface area contributed by atoms with E-state index in [-0.39, 0.29) is 5.91 Å². The summed E-state index contributed by atoms with van der Waals surface area (Å²) in [6.45, 7) is 0. The molecule has 0 spiro atoms. The van der Waals surface area contributed by atoms with Crippen molar-refractivity contribution in [2.45, 2.75) is 0 Å². The zero-order valence-corrected chi connectivity index (χ0v) is 18.3. The standard InChI is InChI=1S/C25H20ClN3O3/c1-31-23-13-7-8-16(24(23)32-2)15-27-29-25(30)19-14-22(18-10-3-5-11-20(18)26)28-21-12-6-4-9-17(19)21/h3-15H,1-2H3,(H,29,30)/b27-15+. The van der Waals surface area contributed by atoms with Gasteiger partial charge in [0.25, 0.3) is 5.91 Å². The Morgan fingerprint density at radius 1 is 1.00 bits per heavy atom. The van der Waals surface area contributed by atoms with E-state index in [2.05, 4.69) is 15.5 Å². The molecule has 4 rings (SSSR count). The van der Waals surface area contributed by atoms with Gasteiger partial charge in [0, 0.05) is 21.5 Å². The van der Waals surface area contributed by atoms with Gasteiger partial charge in [-0.3, -0.25) is 4.79 Å². The summed E-state index contributed by atoms with van der Waals surface area (Å²) in [6, 6.07) is 22.0. The highest BCUT2D eigenvalue weighted by molar-refractivity contribution is 6.33. The van der Waals surface area contributed by atoms with E-state index in [1.165, 1.54) is 6.21 Å². The molecule has 0 saturated carbocycles. The monoisotopic (exact) mass is 445 g/mol. The summed E-state index contributed by atoms with van der Waals surface area (Å²) in [5.74, 6) is 0.741. The molecule has 0 aliphatic carbocycles. The summed E-state index contributed by atoms with van der Waals surface area (Å²) in [5.41, 5.74) is 5.76. The molecule has 0 radical (unpaired) electrons. The molecule has 0 atom stereocenters. The number of nitrogens with one attached hydrogen (secondary N) is 1. The number of benzene rings is 3. The number of carbonyl (C=O) groups excluding carboxylic acids is 1. The summed E-state index contributed by atoms with van der Waals surface area (Å²) in [6.07, 6.45) is 1.51. The number of carbonyl (C=O) groups is 1. The minimum absolute atomic E-state index is 0.366. The molecule has 1 amide bonds. The van der Waals surface area contributed by atoms with Gasteiger partial charge in [0.05, 0.1) is 37.2 Å². The van der Waals surface area contributed by atoms with Gasteiger partial charge in [-0.15, -0.1) is 0 Å². The molecule has 0 bridgehead atoms. The molecular formula is C25H20ClN3O3. The van der Waals surface area contributed by atoms with Crippen molar-refractivity contribution in [2.24, 2.45) is 5.10 Å². The fraction of sp³-hybridized carbons (Fsp3) is 0.0800. The van der Waals surface area contributed by atoms with Crippen molar-refractivity contribution in [1.29, 1.82) is 0 Å². The SMILES string of the molecule is COc1cccc(/C=N/NC(=O)c2cc(-c3ccccc3Cl)nc3ccccc23)c1OC. The van der Waals surface area contributed by atoms with Crippen molar-refractivity contribution in [1.82, 2.24) is 10.4 Å². The smallest absolute Gasteiger partial charge is 0.272 e. The average molecular weight is 446 g/mol. The molecule has 32 heavy (non-hydrogen) atoms. The third-order valence-corrected chi connectivity index (χ3v) is 5.24. The number of nitrogens with zero attached hydrogens (tertiary/aromatic N) is 2. The molecule has 1 aromatic heterocycles. The van der Waals surface area contributed by atoms with Crippen LogP contribution >= 0.6 is 11.6 Å². The maximum Gasteiger partial charge on any atom is 0.272 e. The lowest BCUT2D eigenvalue weighted by atomic mass is 10.0. The Bertz CT molecular complexity index is 1320. The van der Waals surface area contributed by atoms with Crippen LogP contribution in [0.4, 0.5) is 0 Å². The quantitative estimate of drug-likeness (QED) is 0.321. The zero-order valence-electron chi connectivity index (χ0n) is 17.5. The van der Waals surface area contributed by atoms with Crippen molar-refractivity contribution >= 4 is 34.6 Å². The van der Waals surface area contributed by atoms with Crippen LogP contribution in [0, 0.1) is 0 Å². The lowest BCUT2D eigenvalue weighted by Crippen LogP contribution is -2.18. The number of hydrogen-bond acceptors (Lipinski definition) is 5. The second-order valence-corrected chi connectivity index (χ2v) is 7.24. The van der Waals surface area contributed by atoms with Gasteiger partial charge in [0.1, 0.15) is 0 Å². The molecule has 0 aliphatic heterocycles. The van der Waals surface area contributed by atoms with Crippen molar-refractivity contribution < 1.29 is 14.3 Å². The van der Waals surface area contributed by atoms with Crippen molar-refractivity contribution in [3.05, 3.63) is 88.9 Å². The third-order valence-electron chi connectivity index (χ3n) is 4.91. The molecule has 0 saturated heterocycles. The zero-order chi connectivity index (χ0) is 22.5. The molecule has 1 N–H and O–H groups in total. The first-order chi connectivity index (χ1) is 15.6. The molecule has 4 aromatic rings. The summed E-state index contributed by atoms with van der Waals surface area (Å²) >= 11 is 6.36. The highest BCUT2D eigenvalue weighted by Gasteiger charge is 2.15. The number of amides is 1.